The number of esters is 1. The van der Waals surface area contributed by atoms with Crippen LogP contribution in [0.5, 0.6) is 17.2 Å². The number of carbonyl (C=O) groups is 2. The summed E-state index contributed by atoms with van der Waals surface area (Å²) in [5.74, 6) is 0.269. The fourth-order valence-corrected chi connectivity index (χ4v) is 4.43. The molecule has 0 radical (unpaired) electrons. The Balaban J connectivity index is 1.67. The van der Waals surface area contributed by atoms with E-state index in [9.17, 15) is 9.59 Å². The van der Waals surface area contributed by atoms with Gasteiger partial charge in [0.15, 0.2) is 17.4 Å². The number of nitrogens with zero attached hydrogens (tertiary/aromatic N) is 4. The molecular weight excluding hydrogens is 466 g/mol. The highest BCUT2D eigenvalue weighted by Crippen LogP contribution is 2.42. The van der Waals surface area contributed by atoms with E-state index < -0.39 is 23.8 Å². The predicted octanol–water partition coefficient (Wildman–Crippen LogP) is 1.64. The van der Waals surface area contributed by atoms with Crippen LogP contribution in [0, 0.1) is 5.92 Å². The highest BCUT2D eigenvalue weighted by molar-refractivity contribution is 6.08. The topological polar surface area (TPSA) is 115 Å². The molecule has 4 rings (SSSR count). The van der Waals surface area contributed by atoms with Crippen molar-refractivity contribution >= 4 is 23.7 Å². The number of piperazine rings is 1. The second kappa shape index (κ2) is 11.1. The maximum atomic E-state index is 13.2. The number of methoxy groups -OCH3 is 3. The molecule has 0 saturated carbocycles. The van der Waals surface area contributed by atoms with E-state index in [2.05, 4.69) is 15.2 Å². The highest BCUT2D eigenvalue weighted by atomic mass is 16.5. The lowest BCUT2D eigenvalue weighted by Gasteiger charge is -2.39. The van der Waals surface area contributed by atoms with Crippen LogP contribution in [0.25, 0.3) is 0 Å². The first-order chi connectivity index (χ1) is 17.5. The first-order valence-corrected chi connectivity index (χ1v) is 11.8. The zero-order valence-electron chi connectivity index (χ0n) is 20.9. The summed E-state index contributed by atoms with van der Waals surface area (Å²) in [6.07, 6.45) is 1.77. The number of carbonyl (C=O) groups excluding carboxylic acids is 2. The summed E-state index contributed by atoms with van der Waals surface area (Å²) >= 11 is 0. The van der Waals surface area contributed by atoms with E-state index in [4.69, 9.17) is 23.9 Å². The fourth-order valence-electron chi connectivity index (χ4n) is 4.43. The van der Waals surface area contributed by atoms with Gasteiger partial charge in [0.2, 0.25) is 17.6 Å². The van der Waals surface area contributed by atoms with Gasteiger partial charge in [0, 0.05) is 32.4 Å². The van der Waals surface area contributed by atoms with Gasteiger partial charge in [0.05, 0.1) is 27.9 Å². The van der Waals surface area contributed by atoms with E-state index >= 15 is 0 Å². The van der Waals surface area contributed by atoms with Gasteiger partial charge in [-0.05, 0) is 36.8 Å². The van der Waals surface area contributed by atoms with E-state index in [0.29, 0.717) is 55.0 Å². The molecule has 1 aromatic carbocycles. The zero-order chi connectivity index (χ0) is 25.7. The molecule has 11 nitrogen and oxygen atoms in total. The van der Waals surface area contributed by atoms with Crippen molar-refractivity contribution in [3.05, 3.63) is 42.1 Å². The summed E-state index contributed by atoms with van der Waals surface area (Å²) in [4.78, 5) is 39.5. The fraction of sp³-hybridized carbons (Fsp3) is 0.440. The van der Waals surface area contributed by atoms with Crippen molar-refractivity contribution in [1.29, 1.82) is 0 Å². The summed E-state index contributed by atoms with van der Waals surface area (Å²) < 4.78 is 21.6. The number of aliphatic imine (C=N–C) groups is 1. The van der Waals surface area contributed by atoms with E-state index in [1.165, 1.54) is 21.3 Å². The van der Waals surface area contributed by atoms with Gasteiger partial charge in [-0.1, -0.05) is 6.07 Å². The average Bonchev–Trinajstić information content (AvgIpc) is 2.92. The van der Waals surface area contributed by atoms with Crippen molar-refractivity contribution in [2.75, 3.05) is 59.0 Å². The van der Waals surface area contributed by atoms with Crippen LogP contribution >= 0.6 is 0 Å². The van der Waals surface area contributed by atoms with Crippen molar-refractivity contribution in [3.8, 4) is 17.2 Å². The van der Waals surface area contributed by atoms with E-state index in [0.717, 1.165) is 5.82 Å². The normalized spacial score (nSPS) is 19.8. The third-order valence-electron chi connectivity index (χ3n) is 6.22. The number of aromatic nitrogens is 1. The van der Waals surface area contributed by atoms with Crippen molar-refractivity contribution in [3.63, 3.8) is 0 Å². The lowest BCUT2D eigenvalue weighted by molar-refractivity contribution is -0.153. The van der Waals surface area contributed by atoms with Crippen molar-refractivity contribution in [1.82, 2.24) is 15.2 Å². The van der Waals surface area contributed by atoms with Crippen molar-refractivity contribution in [2.45, 2.75) is 13.0 Å². The zero-order valence-corrected chi connectivity index (χ0v) is 20.9. The molecule has 1 saturated heterocycles. The number of amides is 1. The minimum absolute atomic E-state index is 0.149. The standard InChI is InChI=1S/C25H31N5O6/c1-5-36-24(32)20-21(16-14-17(33-2)22(35-4)18(15-16)34-3)27-25(28-23(20)31)30-12-10-29(11-13-30)19-8-6-7-9-26-19/h6-9,14-15,20-21H,5,10-13H2,1-4H3,(H,27,28,31). The summed E-state index contributed by atoms with van der Waals surface area (Å²) in [5, 5.41) is 2.82. The Morgan fingerprint density at radius 2 is 1.69 bits per heavy atom. The number of rotatable bonds is 7. The Kier molecular flexibility index (Phi) is 7.77. The number of pyridine rings is 1. The Hall–Kier alpha value is -4.02. The molecule has 1 aromatic heterocycles. The summed E-state index contributed by atoms with van der Waals surface area (Å²) in [7, 11) is 4.52. The van der Waals surface area contributed by atoms with Crippen LogP contribution in [0.1, 0.15) is 18.5 Å². The van der Waals surface area contributed by atoms with Gasteiger partial charge in [0.1, 0.15) is 11.9 Å². The van der Waals surface area contributed by atoms with Crippen LogP contribution < -0.4 is 24.4 Å². The number of anilines is 1. The molecule has 11 heteroatoms. The molecule has 1 amide bonds. The number of ether oxygens (including phenoxy) is 4. The third-order valence-corrected chi connectivity index (χ3v) is 6.22. The van der Waals surface area contributed by atoms with Crippen LogP contribution in [-0.4, -0.2) is 81.8 Å². The maximum absolute atomic E-state index is 13.2. The molecule has 0 spiro atoms. The number of guanidine groups is 1. The van der Waals surface area contributed by atoms with Crippen LogP contribution in [0.15, 0.2) is 41.5 Å². The second-order valence-electron chi connectivity index (χ2n) is 8.24. The molecule has 2 aromatic rings. The largest absolute Gasteiger partial charge is 0.493 e. The average molecular weight is 498 g/mol. The molecule has 36 heavy (non-hydrogen) atoms. The maximum Gasteiger partial charge on any atom is 0.321 e. The molecule has 2 atom stereocenters. The molecule has 1 N–H and O–H groups in total. The van der Waals surface area contributed by atoms with Crippen LogP contribution in [0.4, 0.5) is 5.82 Å². The lowest BCUT2D eigenvalue weighted by atomic mass is 9.90. The van der Waals surface area contributed by atoms with E-state index in [1.54, 1.807) is 25.3 Å². The first-order valence-electron chi connectivity index (χ1n) is 11.8. The minimum atomic E-state index is -1.16. The van der Waals surface area contributed by atoms with Gasteiger partial charge in [0.25, 0.3) is 0 Å². The number of nitrogens with one attached hydrogen (secondary N) is 1. The number of benzene rings is 1. The summed E-state index contributed by atoms with van der Waals surface area (Å²) in [5.41, 5.74) is 0.571. The van der Waals surface area contributed by atoms with Crippen LogP contribution in [0.2, 0.25) is 0 Å². The highest BCUT2D eigenvalue weighted by Gasteiger charge is 2.43. The monoisotopic (exact) mass is 497 g/mol. The lowest BCUT2D eigenvalue weighted by Crippen LogP contribution is -2.57. The van der Waals surface area contributed by atoms with Gasteiger partial charge >= 0.3 is 5.97 Å². The Bertz CT molecular complexity index is 1090. The van der Waals surface area contributed by atoms with Crippen molar-refractivity contribution in [2.24, 2.45) is 10.9 Å². The first kappa shape index (κ1) is 25.1. The quantitative estimate of drug-likeness (QED) is 0.450. The Labute approximate surface area is 210 Å². The molecule has 3 heterocycles. The van der Waals surface area contributed by atoms with Crippen LogP contribution in [-0.2, 0) is 14.3 Å². The summed E-state index contributed by atoms with van der Waals surface area (Å²) in [6, 6.07) is 8.39. The van der Waals surface area contributed by atoms with Crippen molar-refractivity contribution < 1.29 is 28.5 Å². The molecule has 0 aliphatic carbocycles. The molecular formula is C25H31N5O6. The second-order valence-corrected chi connectivity index (χ2v) is 8.24. The molecule has 1 fully saturated rings. The predicted molar refractivity (Wildman–Crippen MR) is 133 cm³/mol. The smallest absolute Gasteiger partial charge is 0.321 e. The Morgan fingerprint density at radius 3 is 2.25 bits per heavy atom. The molecule has 0 bridgehead atoms. The SMILES string of the molecule is CCOC(=O)C1C(=O)NC(N2CCN(c3ccccn3)CC2)=NC1c1cc(OC)c(OC)c(OC)c1. The number of hydrogen-bond acceptors (Lipinski definition) is 10. The molecule has 2 unspecified atom stereocenters. The van der Waals surface area contributed by atoms with E-state index in [-0.39, 0.29) is 6.61 Å². The molecule has 2 aliphatic heterocycles. The van der Waals surface area contributed by atoms with Gasteiger partial charge in [-0.15, -0.1) is 0 Å². The van der Waals surface area contributed by atoms with Gasteiger partial charge in [-0.2, -0.15) is 0 Å². The van der Waals surface area contributed by atoms with Gasteiger partial charge in [-0.3, -0.25) is 14.9 Å². The number of hydrogen-bond donors (Lipinski definition) is 1. The van der Waals surface area contributed by atoms with Gasteiger partial charge in [-0.25, -0.2) is 9.98 Å². The van der Waals surface area contributed by atoms with E-state index in [1.807, 2.05) is 23.1 Å². The molecule has 2 aliphatic rings. The minimum Gasteiger partial charge on any atom is -0.493 e. The van der Waals surface area contributed by atoms with Crippen LogP contribution in [0.3, 0.4) is 0 Å². The summed E-state index contributed by atoms with van der Waals surface area (Å²) in [6.45, 7) is 4.52. The molecule has 192 valence electrons. The van der Waals surface area contributed by atoms with Gasteiger partial charge < -0.3 is 28.7 Å². The Morgan fingerprint density at radius 1 is 1.03 bits per heavy atom. The third kappa shape index (κ3) is 5.00.